The lowest BCUT2D eigenvalue weighted by Crippen LogP contribution is -2.24. The lowest BCUT2D eigenvalue weighted by molar-refractivity contribution is -0.387. The van der Waals surface area contributed by atoms with Gasteiger partial charge < -0.3 is 5.32 Å². The first-order chi connectivity index (χ1) is 9.49. The van der Waals surface area contributed by atoms with Crippen LogP contribution in [0.4, 0.5) is 14.5 Å². The van der Waals surface area contributed by atoms with E-state index in [0.717, 1.165) is 5.56 Å². The number of benzene rings is 1. The molecule has 0 atom stereocenters. The van der Waals surface area contributed by atoms with E-state index >= 15 is 0 Å². The first kappa shape index (κ1) is 14.1. The Morgan fingerprint density at radius 2 is 2.15 bits per heavy atom. The molecule has 8 heteroatoms. The van der Waals surface area contributed by atoms with Crippen molar-refractivity contribution >= 4 is 22.9 Å². The SMILES string of the molecule is O=C(NCc1ccsc1)c1cc(F)cc([N+](=O)[O-])c1F. The van der Waals surface area contributed by atoms with Gasteiger partial charge in [0.25, 0.3) is 5.91 Å². The van der Waals surface area contributed by atoms with Crippen LogP contribution in [0.2, 0.25) is 0 Å². The zero-order chi connectivity index (χ0) is 14.7. The molecule has 0 fully saturated rings. The van der Waals surface area contributed by atoms with Crippen LogP contribution in [-0.2, 0) is 6.54 Å². The molecule has 0 unspecified atom stereocenters. The van der Waals surface area contributed by atoms with Crippen molar-refractivity contribution in [1.82, 2.24) is 5.32 Å². The molecule has 0 bridgehead atoms. The molecule has 2 aromatic rings. The summed E-state index contributed by atoms with van der Waals surface area (Å²) in [4.78, 5) is 21.2. The van der Waals surface area contributed by atoms with Crippen LogP contribution in [-0.4, -0.2) is 10.8 Å². The fourth-order valence-corrected chi connectivity index (χ4v) is 2.21. The maximum atomic E-state index is 13.8. The number of nitrogens with one attached hydrogen (secondary N) is 1. The number of hydrogen-bond acceptors (Lipinski definition) is 4. The van der Waals surface area contributed by atoms with Gasteiger partial charge in [0.05, 0.1) is 16.6 Å². The van der Waals surface area contributed by atoms with Crippen molar-refractivity contribution in [3.8, 4) is 0 Å². The molecule has 2 rings (SSSR count). The van der Waals surface area contributed by atoms with E-state index in [4.69, 9.17) is 0 Å². The van der Waals surface area contributed by atoms with Gasteiger partial charge >= 0.3 is 5.69 Å². The van der Waals surface area contributed by atoms with Gasteiger partial charge in [-0.3, -0.25) is 14.9 Å². The third kappa shape index (κ3) is 2.97. The van der Waals surface area contributed by atoms with E-state index in [1.807, 2.05) is 0 Å². The molecule has 0 spiro atoms. The fraction of sp³-hybridized carbons (Fsp3) is 0.0833. The summed E-state index contributed by atoms with van der Waals surface area (Å²) in [6.07, 6.45) is 0. The summed E-state index contributed by atoms with van der Waals surface area (Å²) in [5, 5.41) is 16.5. The Morgan fingerprint density at radius 1 is 1.40 bits per heavy atom. The summed E-state index contributed by atoms with van der Waals surface area (Å²) in [7, 11) is 0. The number of carbonyl (C=O) groups excluding carboxylic acids is 1. The van der Waals surface area contributed by atoms with Crippen LogP contribution in [0.3, 0.4) is 0 Å². The van der Waals surface area contributed by atoms with E-state index in [-0.39, 0.29) is 6.54 Å². The van der Waals surface area contributed by atoms with Gasteiger partial charge in [-0.05, 0) is 28.5 Å². The normalized spacial score (nSPS) is 10.3. The average Bonchev–Trinajstić information content (AvgIpc) is 2.91. The Balaban J connectivity index is 2.23. The highest BCUT2D eigenvalue weighted by atomic mass is 32.1. The van der Waals surface area contributed by atoms with Crippen LogP contribution in [0.1, 0.15) is 15.9 Å². The molecular weight excluding hydrogens is 290 g/mol. The number of nitrogens with zero attached hydrogens (tertiary/aromatic N) is 1. The van der Waals surface area contributed by atoms with E-state index in [2.05, 4.69) is 5.32 Å². The lowest BCUT2D eigenvalue weighted by Gasteiger charge is -2.05. The van der Waals surface area contributed by atoms with Crippen molar-refractivity contribution in [3.05, 3.63) is 61.8 Å². The molecule has 104 valence electrons. The summed E-state index contributed by atoms with van der Waals surface area (Å²) in [5.41, 5.74) is -0.952. The molecule has 1 N–H and O–H groups in total. The number of carbonyl (C=O) groups is 1. The third-order valence-corrected chi connectivity index (χ3v) is 3.22. The number of halogens is 2. The van der Waals surface area contributed by atoms with Gasteiger partial charge in [-0.15, -0.1) is 0 Å². The quantitative estimate of drug-likeness (QED) is 0.697. The molecule has 0 aliphatic heterocycles. The minimum Gasteiger partial charge on any atom is -0.348 e. The van der Waals surface area contributed by atoms with Gasteiger partial charge in [-0.1, -0.05) is 0 Å². The van der Waals surface area contributed by atoms with Crippen molar-refractivity contribution in [3.63, 3.8) is 0 Å². The topological polar surface area (TPSA) is 72.2 Å². The van der Waals surface area contributed by atoms with Crippen LogP contribution >= 0.6 is 11.3 Å². The van der Waals surface area contributed by atoms with Gasteiger partial charge in [-0.2, -0.15) is 15.7 Å². The summed E-state index contributed by atoms with van der Waals surface area (Å²) < 4.78 is 26.9. The Labute approximate surface area is 116 Å². The largest absolute Gasteiger partial charge is 0.348 e. The van der Waals surface area contributed by atoms with Crippen LogP contribution < -0.4 is 5.32 Å². The highest BCUT2D eigenvalue weighted by Gasteiger charge is 2.24. The summed E-state index contributed by atoms with van der Waals surface area (Å²) in [6, 6.07) is 2.83. The van der Waals surface area contributed by atoms with Crippen molar-refractivity contribution in [1.29, 1.82) is 0 Å². The minimum absolute atomic E-state index is 0.131. The maximum absolute atomic E-state index is 13.8. The first-order valence-corrected chi connectivity index (χ1v) is 6.36. The van der Waals surface area contributed by atoms with Crippen LogP contribution in [0.25, 0.3) is 0 Å². The summed E-state index contributed by atoms with van der Waals surface area (Å²) in [6.45, 7) is 0.131. The number of rotatable bonds is 4. The highest BCUT2D eigenvalue weighted by Crippen LogP contribution is 2.22. The molecule has 0 saturated heterocycles. The molecule has 0 radical (unpaired) electrons. The Hall–Kier alpha value is -2.35. The van der Waals surface area contributed by atoms with Gasteiger partial charge in [-0.25, -0.2) is 4.39 Å². The Kier molecular flexibility index (Phi) is 4.04. The summed E-state index contributed by atoms with van der Waals surface area (Å²) in [5.74, 6) is -3.30. The predicted molar refractivity (Wildman–Crippen MR) is 68.5 cm³/mol. The highest BCUT2D eigenvalue weighted by molar-refractivity contribution is 7.07. The number of nitro benzene ring substituents is 1. The number of thiophene rings is 1. The van der Waals surface area contributed by atoms with Gasteiger partial charge in [0.15, 0.2) is 0 Å². The molecule has 1 aromatic carbocycles. The van der Waals surface area contributed by atoms with Crippen molar-refractivity contribution in [2.75, 3.05) is 0 Å². The molecule has 5 nitrogen and oxygen atoms in total. The van der Waals surface area contributed by atoms with Crippen LogP contribution in [0, 0.1) is 21.7 Å². The Morgan fingerprint density at radius 3 is 2.75 bits per heavy atom. The van der Waals surface area contributed by atoms with E-state index in [1.165, 1.54) is 11.3 Å². The number of hydrogen-bond donors (Lipinski definition) is 1. The zero-order valence-electron chi connectivity index (χ0n) is 9.93. The molecular formula is C12H8F2N2O3S. The second kappa shape index (κ2) is 5.74. The third-order valence-electron chi connectivity index (χ3n) is 2.49. The van der Waals surface area contributed by atoms with Crippen molar-refractivity contribution in [2.45, 2.75) is 6.54 Å². The Bertz CT molecular complexity index is 659. The predicted octanol–water partition coefficient (Wildman–Crippen LogP) is 2.86. The van der Waals surface area contributed by atoms with E-state index < -0.39 is 33.7 Å². The summed E-state index contributed by atoms with van der Waals surface area (Å²) >= 11 is 1.42. The maximum Gasteiger partial charge on any atom is 0.308 e. The zero-order valence-corrected chi connectivity index (χ0v) is 10.7. The molecule has 0 aliphatic carbocycles. The van der Waals surface area contributed by atoms with Gasteiger partial charge in [0.2, 0.25) is 5.82 Å². The second-order valence-electron chi connectivity index (χ2n) is 3.86. The smallest absolute Gasteiger partial charge is 0.308 e. The monoisotopic (exact) mass is 298 g/mol. The molecule has 1 amide bonds. The minimum atomic E-state index is -1.35. The van der Waals surface area contributed by atoms with Crippen molar-refractivity contribution < 1.29 is 18.5 Å². The fourth-order valence-electron chi connectivity index (χ4n) is 1.54. The molecule has 0 aliphatic rings. The van der Waals surface area contributed by atoms with E-state index in [1.54, 1.807) is 16.8 Å². The molecule has 20 heavy (non-hydrogen) atoms. The van der Waals surface area contributed by atoms with Crippen LogP contribution in [0.5, 0.6) is 0 Å². The van der Waals surface area contributed by atoms with Gasteiger partial charge in [0.1, 0.15) is 5.82 Å². The molecule has 1 aromatic heterocycles. The molecule has 1 heterocycles. The standard InChI is InChI=1S/C12H8F2N2O3S/c13-8-3-9(11(14)10(4-8)16(18)19)12(17)15-5-7-1-2-20-6-7/h1-4,6H,5H2,(H,15,17). The van der Waals surface area contributed by atoms with Crippen molar-refractivity contribution in [2.24, 2.45) is 0 Å². The lowest BCUT2D eigenvalue weighted by atomic mass is 10.1. The number of amides is 1. The number of nitro groups is 1. The first-order valence-electron chi connectivity index (χ1n) is 5.41. The van der Waals surface area contributed by atoms with Gasteiger partial charge in [0, 0.05) is 6.54 Å². The van der Waals surface area contributed by atoms with E-state index in [0.29, 0.717) is 12.1 Å². The molecule has 0 saturated carbocycles. The second-order valence-corrected chi connectivity index (χ2v) is 4.64. The average molecular weight is 298 g/mol. The van der Waals surface area contributed by atoms with E-state index in [9.17, 15) is 23.7 Å². The van der Waals surface area contributed by atoms with Crippen LogP contribution in [0.15, 0.2) is 29.0 Å².